The zero-order valence-corrected chi connectivity index (χ0v) is 11.9. The van der Waals surface area contributed by atoms with E-state index in [1.54, 1.807) is 0 Å². The van der Waals surface area contributed by atoms with Crippen molar-refractivity contribution in [3.05, 3.63) is 74.3 Å². The number of hydrogen-bond acceptors (Lipinski definition) is 6. The van der Waals surface area contributed by atoms with Crippen LogP contribution >= 0.6 is 0 Å². The molecule has 2 aromatic carbocycles. The van der Waals surface area contributed by atoms with Gasteiger partial charge in [-0.25, -0.2) is 8.42 Å². The van der Waals surface area contributed by atoms with Crippen molar-refractivity contribution in [3.63, 3.8) is 0 Å². The molecule has 0 heterocycles. The van der Waals surface area contributed by atoms with Crippen molar-refractivity contribution in [1.82, 2.24) is 0 Å². The zero-order valence-electron chi connectivity index (χ0n) is 11.1. The minimum atomic E-state index is -3.68. The second kappa shape index (κ2) is 5.90. The summed E-state index contributed by atoms with van der Waals surface area (Å²) >= 11 is 0. The Balaban J connectivity index is 2.23. The molecule has 0 radical (unpaired) electrons. The van der Waals surface area contributed by atoms with Crippen LogP contribution in [0.25, 0.3) is 0 Å². The first-order valence-electron chi connectivity index (χ1n) is 6.00. The van der Waals surface area contributed by atoms with Crippen molar-refractivity contribution in [2.75, 3.05) is 0 Å². The topological polar surface area (TPSA) is 120 Å². The smallest absolute Gasteiger partial charge is 0.258 e. The van der Waals surface area contributed by atoms with E-state index < -0.39 is 19.7 Å². The monoisotopic (exact) mass is 322 g/mol. The summed E-state index contributed by atoms with van der Waals surface area (Å²) < 4.78 is 24.4. The third-order valence-electron chi connectivity index (χ3n) is 2.91. The molecule has 0 aromatic heterocycles. The molecule has 0 aliphatic carbocycles. The van der Waals surface area contributed by atoms with Gasteiger partial charge in [-0.1, -0.05) is 12.1 Å². The summed E-state index contributed by atoms with van der Waals surface area (Å²) in [5, 5.41) is 21.1. The number of hydrogen-bond donors (Lipinski definition) is 0. The minimum Gasteiger partial charge on any atom is -0.258 e. The van der Waals surface area contributed by atoms with E-state index in [0.29, 0.717) is 5.56 Å². The molecule has 2 aromatic rings. The SMILES string of the molecule is O=[N+]([O-])c1ccc(CS(=O)(=O)c2ccc([N+](=O)[O-])cc2)cc1. The van der Waals surface area contributed by atoms with E-state index in [1.165, 1.54) is 36.4 Å². The highest BCUT2D eigenvalue weighted by Crippen LogP contribution is 2.21. The van der Waals surface area contributed by atoms with Gasteiger partial charge in [-0.05, 0) is 17.7 Å². The molecule has 0 aliphatic rings. The third-order valence-corrected chi connectivity index (χ3v) is 4.61. The zero-order chi connectivity index (χ0) is 16.3. The lowest BCUT2D eigenvalue weighted by Gasteiger charge is -2.04. The number of nitro groups is 2. The Morgan fingerprint density at radius 2 is 1.18 bits per heavy atom. The molecule has 0 fully saturated rings. The van der Waals surface area contributed by atoms with Gasteiger partial charge in [0.25, 0.3) is 11.4 Å². The molecular formula is C13H10N2O6S. The minimum absolute atomic E-state index is 0.0450. The van der Waals surface area contributed by atoms with Crippen LogP contribution in [0.4, 0.5) is 11.4 Å². The van der Waals surface area contributed by atoms with Gasteiger partial charge in [0, 0.05) is 24.3 Å². The lowest BCUT2D eigenvalue weighted by atomic mass is 10.2. The van der Waals surface area contributed by atoms with Crippen molar-refractivity contribution >= 4 is 21.2 Å². The molecule has 0 atom stereocenters. The second-order valence-corrected chi connectivity index (χ2v) is 6.42. The van der Waals surface area contributed by atoms with Crippen molar-refractivity contribution < 1.29 is 18.3 Å². The number of nitro benzene ring substituents is 2. The molecule has 0 N–H and O–H groups in total. The Bertz CT molecular complexity index is 813. The quantitative estimate of drug-likeness (QED) is 0.616. The number of sulfone groups is 1. The van der Waals surface area contributed by atoms with Gasteiger partial charge >= 0.3 is 0 Å². The molecule has 22 heavy (non-hydrogen) atoms. The summed E-state index contributed by atoms with van der Waals surface area (Å²) in [4.78, 5) is 19.8. The van der Waals surface area contributed by atoms with Crippen molar-refractivity contribution in [1.29, 1.82) is 0 Å². The fourth-order valence-electron chi connectivity index (χ4n) is 1.79. The van der Waals surface area contributed by atoms with Crippen LogP contribution in [0.3, 0.4) is 0 Å². The van der Waals surface area contributed by atoms with E-state index in [2.05, 4.69) is 0 Å². The van der Waals surface area contributed by atoms with Crippen LogP contribution in [0, 0.1) is 20.2 Å². The molecule has 114 valence electrons. The van der Waals surface area contributed by atoms with Crippen LogP contribution in [0.5, 0.6) is 0 Å². The first-order valence-corrected chi connectivity index (χ1v) is 7.65. The van der Waals surface area contributed by atoms with Gasteiger partial charge in [0.2, 0.25) is 0 Å². The van der Waals surface area contributed by atoms with E-state index in [9.17, 15) is 28.6 Å². The van der Waals surface area contributed by atoms with Gasteiger partial charge in [0.05, 0.1) is 20.5 Å². The molecule has 0 saturated heterocycles. The molecule has 9 heteroatoms. The van der Waals surface area contributed by atoms with Crippen molar-refractivity contribution in [2.45, 2.75) is 10.6 Å². The van der Waals surface area contributed by atoms with Crippen LogP contribution in [0.1, 0.15) is 5.56 Å². The summed E-state index contributed by atoms with van der Waals surface area (Å²) in [6.45, 7) is 0. The molecule has 0 bridgehead atoms. The summed E-state index contributed by atoms with van der Waals surface area (Å²) in [7, 11) is -3.68. The lowest BCUT2D eigenvalue weighted by molar-refractivity contribution is -0.385. The molecule has 0 saturated carbocycles. The molecule has 0 unspecified atom stereocenters. The predicted octanol–water partition coefficient (Wildman–Crippen LogP) is 2.48. The first-order chi connectivity index (χ1) is 10.3. The second-order valence-electron chi connectivity index (χ2n) is 4.43. The summed E-state index contributed by atoms with van der Waals surface area (Å²) in [5.41, 5.74) is 0.0646. The average Bonchev–Trinajstić information content (AvgIpc) is 2.47. The standard InChI is InChI=1S/C13H10N2O6S/c16-14(17)11-3-1-10(2-4-11)9-22(20,21)13-7-5-12(6-8-13)15(18)19/h1-8H,9H2. The van der Waals surface area contributed by atoms with Gasteiger partial charge in [-0.15, -0.1) is 0 Å². The Labute approximate surface area is 125 Å². The molecule has 0 amide bonds. The first kappa shape index (κ1) is 15.6. The Morgan fingerprint density at radius 1 is 0.773 bits per heavy atom. The summed E-state index contributed by atoms with van der Waals surface area (Å²) in [6.07, 6.45) is 0. The van der Waals surface area contributed by atoms with Crippen LogP contribution in [-0.2, 0) is 15.6 Å². The van der Waals surface area contributed by atoms with Gasteiger partial charge in [-0.2, -0.15) is 0 Å². The third kappa shape index (κ3) is 3.44. The molecule has 2 rings (SSSR count). The predicted molar refractivity (Wildman–Crippen MR) is 77.1 cm³/mol. The van der Waals surface area contributed by atoms with Gasteiger partial charge in [0.1, 0.15) is 0 Å². The Morgan fingerprint density at radius 3 is 1.59 bits per heavy atom. The molecule has 8 nitrogen and oxygen atoms in total. The average molecular weight is 322 g/mol. The summed E-state index contributed by atoms with van der Waals surface area (Å²) in [6, 6.07) is 9.73. The van der Waals surface area contributed by atoms with E-state index in [0.717, 1.165) is 12.1 Å². The Hall–Kier alpha value is -2.81. The maximum Gasteiger partial charge on any atom is 0.269 e. The number of non-ortho nitro benzene ring substituents is 2. The van der Waals surface area contributed by atoms with Gasteiger partial charge < -0.3 is 0 Å². The van der Waals surface area contributed by atoms with Gasteiger partial charge in [-0.3, -0.25) is 20.2 Å². The number of rotatable bonds is 5. The van der Waals surface area contributed by atoms with Gasteiger partial charge in [0.15, 0.2) is 9.84 Å². The maximum absolute atomic E-state index is 12.2. The van der Waals surface area contributed by atoms with Crippen LogP contribution in [0.2, 0.25) is 0 Å². The largest absolute Gasteiger partial charge is 0.269 e. The van der Waals surface area contributed by atoms with E-state index in [-0.39, 0.29) is 22.0 Å². The highest BCUT2D eigenvalue weighted by molar-refractivity contribution is 7.90. The highest BCUT2D eigenvalue weighted by atomic mass is 32.2. The fraction of sp³-hybridized carbons (Fsp3) is 0.0769. The summed E-state index contributed by atoms with van der Waals surface area (Å²) in [5.74, 6) is -0.344. The van der Waals surface area contributed by atoms with E-state index in [1.807, 2.05) is 0 Å². The normalized spacial score (nSPS) is 11.1. The van der Waals surface area contributed by atoms with E-state index in [4.69, 9.17) is 0 Å². The fourth-order valence-corrected chi connectivity index (χ4v) is 3.14. The number of benzene rings is 2. The number of nitrogens with zero attached hydrogens (tertiary/aromatic N) is 2. The van der Waals surface area contributed by atoms with Crippen LogP contribution in [-0.4, -0.2) is 18.3 Å². The molecule has 0 spiro atoms. The Kier molecular flexibility index (Phi) is 4.18. The maximum atomic E-state index is 12.2. The highest BCUT2D eigenvalue weighted by Gasteiger charge is 2.17. The molecule has 0 aliphatic heterocycles. The van der Waals surface area contributed by atoms with Crippen LogP contribution < -0.4 is 0 Å². The molecular weight excluding hydrogens is 312 g/mol. The lowest BCUT2D eigenvalue weighted by Crippen LogP contribution is -2.05. The van der Waals surface area contributed by atoms with E-state index >= 15 is 0 Å². The van der Waals surface area contributed by atoms with Crippen molar-refractivity contribution in [3.8, 4) is 0 Å². The van der Waals surface area contributed by atoms with Crippen molar-refractivity contribution in [2.24, 2.45) is 0 Å². The van der Waals surface area contributed by atoms with Crippen LogP contribution in [0.15, 0.2) is 53.4 Å².